The summed E-state index contributed by atoms with van der Waals surface area (Å²) in [6.07, 6.45) is 5.99. The molecule has 1 saturated carbocycles. The highest BCUT2D eigenvalue weighted by atomic mass is 16.5. The normalized spacial score (nSPS) is 27.2. The Balaban J connectivity index is 1.71. The van der Waals surface area contributed by atoms with Gasteiger partial charge in [0, 0.05) is 31.6 Å². The summed E-state index contributed by atoms with van der Waals surface area (Å²) < 4.78 is 5.26. The monoisotopic (exact) mass is 241 g/mol. The molecule has 0 bridgehead atoms. The van der Waals surface area contributed by atoms with Crippen LogP contribution in [0.2, 0.25) is 0 Å². The minimum absolute atomic E-state index is 0.0398. The fourth-order valence-corrected chi connectivity index (χ4v) is 2.88. The second-order valence-corrected chi connectivity index (χ2v) is 5.58. The van der Waals surface area contributed by atoms with Crippen molar-refractivity contribution in [3.8, 4) is 0 Å². The lowest BCUT2D eigenvalue weighted by atomic mass is 9.87. The van der Waals surface area contributed by atoms with Crippen molar-refractivity contribution in [3.63, 3.8) is 0 Å². The van der Waals surface area contributed by atoms with Crippen LogP contribution in [0.1, 0.15) is 38.5 Å². The fourth-order valence-electron chi connectivity index (χ4n) is 2.88. The Morgan fingerprint density at radius 1 is 1.41 bits per heavy atom. The SMILES string of the molecule is O=C(CC1CCOC1)NCC1(CO)CCCC1. The van der Waals surface area contributed by atoms with Crippen molar-refractivity contribution in [2.45, 2.75) is 38.5 Å². The number of hydrogen-bond acceptors (Lipinski definition) is 3. The summed E-state index contributed by atoms with van der Waals surface area (Å²) in [6, 6.07) is 0. The van der Waals surface area contributed by atoms with Gasteiger partial charge in [-0.25, -0.2) is 0 Å². The zero-order valence-corrected chi connectivity index (χ0v) is 10.4. The van der Waals surface area contributed by atoms with Crippen molar-refractivity contribution in [1.82, 2.24) is 5.32 Å². The molecule has 4 nitrogen and oxygen atoms in total. The Morgan fingerprint density at radius 2 is 2.18 bits per heavy atom. The van der Waals surface area contributed by atoms with Crippen molar-refractivity contribution >= 4 is 5.91 Å². The lowest BCUT2D eigenvalue weighted by molar-refractivity contribution is -0.122. The lowest BCUT2D eigenvalue weighted by Crippen LogP contribution is -2.38. The van der Waals surface area contributed by atoms with E-state index in [-0.39, 0.29) is 17.9 Å². The van der Waals surface area contributed by atoms with Gasteiger partial charge in [-0.05, 0) is 25.2 Å². The first-order valence-electron chi connectivity index (χ1n) is 6.69. The van der Waals surface area contributed by atoms with Gasteiger partial charge in [-0.15, -0.1) is 0 Å². The third-order valence-corrected chi connectivity index (χ3v) is 4.16. The van der Waals surface area contributed by atoms with Crippen molar-refractivity contribution in [2.75, 3.05) is 26.4 Å². The second-order valence-electron chi connectivity index (χ2n) is 5.58. The molecule has 1 amide bonds. The maximum absolute atomic E-state index is 11.8. The van der Waals surface area contributed by atoms with Gasteiger partial charge in [-0.1, -0.05) is 12.8 Å². The van der Waals surface area contributed by atoms with E-state index >= 15 is 0 Å². The van der Waals surface area contributed by atoms with E-state index < -0.39 is 0 Å². The summed E-state index contributed by atoms with van der Waals surface area (Å²) in [5.74, 6) is 0.504. The molecule has 1 aliphatic heterocycles. The molecule has 0 aromatic rings. The minimum atomic E-state index is -0.0398. The Morgan fingerprint density at radius 3 is 2.76 bits per heavy atom. The molecule has 4 heteroatoms. The molecule has 0 radical (unpaired) electrons. The zero-order valence-electron chi connectivity index (χ0n) is 10.4. The highest BCUT2D eigenvalue weighted by Gasteiger charge is 2.33. The van der Waals surface area contributed by atoms with E-state index in [4.69, 9.17) is 4.74 Å². The standard InChI is InChI=1S/C13H23NO3/c15-10-13(4-1-2-5-13)9-14-12(16)7-11-3-6-17-8-11/h11,15H,1-10H2,(H,14,16). The van der Waals surface area contributed by atoms with Gasteiger partial charge >= 0.3 is 0 Å². The summed E-state index contributed by atoms with van der Waals surface area (Å²) in [7, 11) is 0. The third-order valence-electron chi connectivity index (χ3n) is 4.16. The Hall–Kier alpha value is -0.610. The molecule has 1 atom stereocenters. The van der Waals surface area contributed by atoms with Gasteiger partial charge in [0.05, 0.1) is 6.61 Å². The van der Waals surface area contributed by atoms with Crippen LogP contribution in [0.25, 0.3) is 0 Å². The van der Waals surface area contributed by atoms with Gasteiger partial charge in [-0.3, -0.25) is 4.79 Å². The smallest absolute Gasteiger partial charge is 0.220 e. The van der Waals surface area contributed by atoms with Crippen LogP contribution in [-0.4, -0.2) is 37.4 Å². The summed E-state index contributed by atoms with van der Waals surface area (Å²) in [6.45, 7) is 2.34. The number of carbonyl (C=O) groups is 1. The number of amides is 1. The minimum Gasteiger partial charge on any atom is -0.396 e. The van der Waals surface area contributed by atoms with E-state index in [0.29, 0.717) is 18.9 Å². The molecule has 1 saturated heterocycles. The fraction of sp³-hybridized carbons (Fsp3) is 0.923. The van der Waals surface area contributed by atoms with Crippen LogP contribution >= 0.6 is 0 Å². The Kier molecular flexibility index (Phi) is 4.40. The van der Waals surface area contributed by atoms with Crippen molar-refractivity contribution in [1.29, 1.82) is 0 Å². The Bertz CT molecular complexity index is 255. The van der Waals surface area contributed by atoms with Crippen LogP contribution in [0, 0.1) is 11.3 Å². The molecular weight excluding hydrogens is 218 g/mol. The molecule has 1 unspecified atom stereocenters. The molecule has 17 heavy (non-hydrogen) atoms. The summed E-state index contributed by atoms with van der Waals surface area (Å²) in [5.41, 5.74) is -0.0398. The Labute approximate surface area is 103 Å². The number of carbonyl (C=O) groups excluding carboxylic acids is 1. The number of hydrogen-bond donors (Lipinski definition) is 2. The third kappa shape index (κ3) is 3.42. The van der Waals surface area contributed by atoms with Gasteiger partial charge in [0.25, 0.3) is 0 Å². The van der Waals surface area contributed by atoms with Gasteiger partial charge in [0.2, 0.25) is 5.91 Å². The summed E-state index contributed by atoms with van der Waals surface area (Å²) >= 11 is 0. The average Bonchev–Trinajstić information content (AvgIpc) is 2.98. The maximum Gasteiger partial charge on any atom is 0.220 e. The summed E-state index contributed by atoms with van der Waals surface area (Å²) in [4.78, 5) is 11.8. The number of ether oxygens (including phenoxy) is 1. The number of aliphatic hydroxyl groups is 1. The molecule has 0 aromatic heterocycles. The topological polar surface area (TPSA) is 58.6 Å². The maximum atomic E-state index is 11.8. The first-order chi connectivity index (χ1) is 8.24. The molecule has 1 heterocycles. The molecule has 2 rings (SSSR count). The zero-order chi connectivity index (χ0) is 12.1. The van der Waals surface area contributed by atoms with E-state index in [9.17, 15) is 9.90 Å². The van der Waals surface area contributed by atoms with E-state index in [1.807, 2.05) is 0 Å². The van der Waals surface area contributed by atoms with Crippen LogP contribution < -0.4 is 5.32 Å². The molecule has 2 fully saturated rings. The van der Waals surface area contributed by atoms with Crippen molar-refractivity contribution in [2.24, 2.45) is 11.3 Å². The number of nitrogens with one attached hydrogen (secondary N) is 1. The van der Waals surface area contributed by atoms with Crippen LogP contribution in [0.3, 0.4) is 0 Å². The van der Waals surface area contributed by atoms with Crippen LogP contribution in [0.5, 0.6) is 0 Å². The van der Waals surface area contributed by atoms with Crippen LogP contribution in [0.15, 0.2) is 0 Å². The van der Waals surface area contributed by atoms with Crippen molar-refractivity contribution < 1.29 is 14.6 Å². The number of aliphatic hydroxyl groups excluding tert-OH is 1. The van der Waals surface area contributed by atoms with Gasteiger partial charge in [0.1, 0.15) is 0 Å². The van der Waals surface area contributed by atoms with Gasteiger partial charge in [0.15, 0.2) is 0 Å². The predicted molar refractivity (Wildman–Crippen MR) is 64.5 cm³/mol. The summed E-state index contributed by atoms with van der Waals surface area (Å²) in [5, 5.41) is 12.4. The quantitative estimate of drug-likeness (QED) is 0.757. The first kappa shape index (κ1) is 12.8. The van der Waals surface area contributed by atoms with Crippen molar-refractivity contribution in [3.05, 3.63) is 0 Å². The lowest BCUT2D eigenvalue weighted by Gasteiger charge is -2.26. The highest BCUT2D eigenvalue weighted by molar-refractivity contribution is 5.76. The second kappa shape index (κ2) is 5.83. The van der Waals surface area contributed by atoms with Crippen LogP contribution in [0.4, 0.5) is 0 Å². The van der Waals surface area contributed by atoms with Gasteiger partial charge in [-0.2, -0.15) is 0 Å². The molecule has 1 aliphatic carbocycles. The van der Waals surface area contributed by atoms with E-state index in [2.05, 4.69) is 5.32 Å². The largest absolute Gasteiger partial charge is 0.396 e. The molecule has 0 aromatic carbocycles. The van der Waals surface area contributed by atoms with Crippen LogP contribution in [-0.2, 0) is 9.53 Å². The van der Waals surface area contributed by atoms with E-state index in [1.165, 1.54) is 12.8 Å². The van der Waals surface area contributed by atoms with Gasteiger partial charge < -0.3 is 15.2 Å². The van der Waals surface area contributed by atoms with E-state index in [1.54, 1.807) is 0 Å². The highest BCUT2D eigenvalue weighted by Crippen LogP contribution is 2.36. The predicted octanol–water partition coefficient (Wildman–Crippen LogP) is 1.08. The molecule has 98 valence electrons. The van der Waals surface area contributed by atoms with E-state index in [0.717, 1.165) is 32.5 Å². The number of rotatable bonds is 5. The molecular formula is C13H23NO3. The first-order valence-corrected chi connectivity index (χ1v) is 6.69. The molecule has 2 aliphatic rings. The average molecular weight is 241 g/mol. The molecule has 0 spiro atoms. The molecule has 2 N–H and O–H groups in total.